The lowest BCUT2D eigenvalue weighted by Gasteiger charge is -2.37. The third-order valence-corrected chi connectivity index (χ3v) is 6.59. The van der Waals surface area contributed by atoms with Crippen molar-refractivity contribution in [3.05, 3.63) is 54.6 Å². The molecule has 0 bridgehead atoms. The Morgan fingerprint density at radius 1 is 0.697 bits per heavy atom. The van der Waals surface area contributed by atoms with Crippen LogP contribution in [0.15, 0.2) is 54.6 Å². The number of carbonyl (C=O) groups is 2. The Balaban J connectivity index is 1.15. The van der Waals surface area contributed by atoms with Crippen LogP contribution < -0.4 is 14.5 Å². The number of anilines is 2. The first-order valence-electron chi connectivity index (χ1n) is 11.9. The van der Waals surface area contributed by atoms with Crippen molar-refractivity contribution in [1.29, 1.82) is 0 Å². The molecule has 0 atom stereocenters. The van der Waals surface area contributed by atoms with Gasteiger partial charge in [-0.2, -0.15) is 0 Å². The molecular weight excluding hydrogens is 416 g/mol. The molecule has 7 nitrogen and oxygen atoms in total. The standard InChI is InChI=1S/C26H34N4O3/c1-33-24-11-6-5-10-23(24)28-16-20-30(21-17-28)26(32)13-7-12-25(31)29-18-14-27(15-19-29)22-8-3-2-4-9-22/h2-6,8-11H,7,12-21H2,1H3. The third kappa shape index (κ3) is 5.78. The zero-order chi connectivity index (χ0) is 23.0. The van der Waals surface area contributed by atoms with Crippen LogP contribution >= 0.6 is 0 Å². The van der Waals surface area contributed by atoms with E-state index in [1.54, 1.807) is 7.11 Å². The largest absolute Gasteiger partial charge is 0.495 e. The van der Waals surface area contributed by atoms with Crippen molar-refractivity contribution in [1.82, 2.24) is 9.80 Å². The van der Waals surface area contributed by atoms with Crippen LogP contribution in [0.25, 0.3) is 0 Å². The van der Waals surface area contributed by atoms with Crippen molar-refractivity contribution in [2.75, 3.05) is 69.3 Å². The minimum atomic E-state index is 0.149. The number of hydrogen-bond donors (Lipinski definition) is 0. The fraction of sp³-hybridized carbons (Fsp3) is 0.462. The Morgan fingerprint density at radius 3 is 1.79 bits per heavy atom. The van der Waals surface area contributed by atoms with Gasteiger partial charge in [0.25, 0.3) is 0 Å². The van der Waals surface area contributed by atoms with Gasteiger partial charge in [0.05, 0.1) is 12.8 Å². The highest BCUT2D eigenvalue weighted by Crippen LogP contribution is 2.28. The summed E-state index contributed by atoms with van der Waals surface area (Å²) in [5, 5.41) is 0. The van der Waals surface area contributed by atoms with E-state index in [-0.39, 0.29) is 11.8 Å². The van der Waals surface area contributed by atoms with E-state index < -0.39 is 0 Å². The lowest BCUT2D eigenvalue weighted by molar-refractivity contribution is -0.133. The van der Waals surface area contributed by atoms with Crippen molar-refractivity contribution in [2.24, 2.45) is 0 Å². The average Bonchev–Trinajstić information content (AvgIpc) is 2.89. The van der Waals surface area contributed by atoms with Crippen LogP contribution in [-0.4, -0.2) is 81.1 Å². The molecule has 2 aromatic rings. The molecule has 0 aromatic heterocycles. The number of carbonyl (C=O) groups excluding carboxylic acids is 2. The monoisotopic (exact) mass is 450 g/mol. The van der Waals surface area contributed by atoms with Crippen LogP contribution in [0, 0.1) is 0 Å². The molecule has 176 valence electrons. The van der Waals surface area contributed by atoms with Crippen LogP contribution in [0.1, 0.15) is 19.3 Å². The van der Waals surface area contributed by atoms with Gasteiger partial charge in [-0.25, -0.2) is 0 Å². The van der Waals surface area contributed by atoms with Gasteiger partial charge in [-0.3, -0.25) is 9.59 Å². The van der Waals surface area contributed by atoms with Crippen molar-refractivity contribution in [2.45, 2.75) is 19.3 Å². The second-order valence-electron chi connectivity index (χ2n) is 8.60. The number of nitrogens with zero attached hydrogens (tertiary/aromatic N) is 4. The van der Waals surface area contributed by atoms with E-state index in [0.29, 0.717) is 32.4 Å². The Kier molecular flexibility index (Phi) is 7.70. The molecule has 2 saturated heterocycles. The SMILES string of the molecule is COc1ccccc1N1CCN(C(=O)CCCC(=O)N2CCN(c3ccccc3)CC2)CC1. The fourth-order valence-electron chi connectivity index (χ4n) is 4.65. The minimum Gasteiger partial charge on any atom is -0.495 e. The molecule has 0 saturated carbocycles. The summed E-state index contributed by atoms with van der Waals surface area (Å²) in [4.78, 5) is 33.7. The van der Waals surface area contributed by atoms with E-state index in [0.717, 1.165) is 50.7 Å². The maximum Gasteiger partial charge on any atom is 0.222 e. The van der Waals surface area contributed by atoms with Crippen LogP contribution in [0.2, 0.25) is 0 Å². The molecule has 2 heterocycles. The van der Waals surface area contributed by atoms with Gasteiger partial charge in [-0.05, 0) is 30.7 Å². The van der Waals surface area contributed by atoms with Crippen LogP contribution in [-0.2, 0) is 9.59 Å². The quantitative estimate of drug-likeness (QED) is 0.649. The molecule has 2 fully saturated rings. The fourth-order valence-corrected chi connectivity index (χ4v) is 4.65. The molecule has 7 heteroatoms. The summed E-state index contributed by atoms with van der Waals surface area (Å²) in [6, 6.07) is 18.3. The Morgan fingerprint density at radius 2 is 1.21 bits per heavy atom. The molecule has 0 aliphatic carbocycles. The molecule has 2 aliphatic heterocycles. The van der Waals surface area contributed by atoms with E-state index in [1.165, 1.54) is 5.69 Å². The van der Waals surface area contributed by atoms with Gasteiger partial charge < -0.3 is 24.3 Å². The normalized spacial score (nSPS) is 16.6. The van der Waals surface area contributed by atoms with Gasteiger partial charge in [0.2, 0.25) is 11.8 Å². The predicted molar refractivity (Wildman–Crippen MR) is 131 cm³/mol. The van der Waals surface area contributed by atoms with Gasteiger partial charge in [0.1, 0.15) is 5.75 Å². The number of benzene rings is 2. The summed E-state index contributed by atoms with van der Waals surface area (Å²) in [5.41, 5.74) is 2.28. The smallest absolute Gasteiger partial charge is 0.222 e. The zero-order valence-electron chi connectivity index (χ0n) is 19.5. The van der Waals surface area contributed by atoms with E-state index in [4.69, 9.17) is 4.74 Å². The van der Waals surface area contributed by atoms with Crippen molar-refractivity contribution in [3.63, 3.8) is 0 Å². The van der Waals surface area contributed by atoms with Gasteiger partial charge in [-0.15, -0.1) is 0 Å². The molecule has 33 heavy (non-hydrogen) atoms. The molecule has 4 rings (SSSR count). The van der Waals surface area contributed by atoms with E-state index in [9.17, 15) is 9.59 Å². The van der Waals surface area contributed by atoms with E-state index in [1.807, 2.05) is 46.2 Å². The van der Waals surface area contributed by atoms with Gasteiger partial charge in [0, 0.05) is 70.9 Å². The molecule has 2 amide bonds. The number of rotatable bonds is 7. The van der Waals surface area contributed by atoms with E-state index >= 15 is 0 Å². The third-order valence-electron chi connectivity index (χ3n) is 6.59. The van der Waals surface area contributed by atoms with Crippen LogP contribution in [0.5, 0.6) is 5.75 Å². The number of piperazine rings is 2. The van der Waals surface area contributed by atoms with Crippen molar-refractivity contribution >= 4 is 23.2 Å². The zero-order valence-corrected chi connectivity index (χ0v) is 19.5. The average molecular weight is 451 g/mol. The van der Waals surface area contributed by atoms with Crippen LogP contribution in [0.4, 0.5) is 11.4 Å². The van der Waals surface area contributed by atoms with E-state index in [2.05, 4.69) is 28.0 Å². The lowest BCUT2D eigenvalue weighted by atomic mass is 10.1. The summed E-state index contributed by atoms with van der Waals surface area (Å²) in [7, 11) is 1.68. The number of ether oxygens (including phenoxy) is 1. The highest BCUT2D eigenvalue weighted by molar-refractivity contribution is 5.79. The summed E-state index contributed by atoms with van der Waals surface area (Å²) >= 11 is 0. The van der Waals surface area contributed by atoms with Crippen LogP contribution in [0.3, 0.4) is 0 Å². The molecule has 2 aromatic carbocycles. The molecular formula is C26H34N4O3. The van der Waals surface area contributed by atoms with Gasteiger partial charge >= 0.3 is 0 Å². The molecule has 0 N–H and O–H groups in total. The molecule has 0 radical (unpaired) electrons. The number of amides is 2. The summed E-state index contributed by atoms with van der Waals surface area (Å²) in [5.74, 6) is 1.17. The summed E-state index contributed by atoms with van der Waals surface area (Å²) in [6.45, 7) is 6.17. The number of hydrogen-bond acceptors (Lipinski definition) is 5. The highest BCUT2D eigenvalue weighted by atomic mass is 16.5. The van der Waals surface area contributed by atoms with Crippen molar-refractivity contribution in [3.8, 4) is 5.75 Å². The number of methoxy groups -OCH3 is 1. The predicted octanol–water partition coefficient (Wildman–Crippen LogP) is 2.86. The van der Waals surface area contributed by atoms with Gasteiger partial charge in [-0.1, -0.05) is 30.3 Å². The molecule has 0 unspecified atom stereocenters. The summed E-state index contributed by atoms with van der Waals surface area (Å²) < 4.78 is 5.47. The number of para-hydroxylation sites is 3. The van der Waals surface area contributed by atoms with Gasteiger partial charge in [0.15, 0.2) is 0 Å². The first-order chi connectivity index (χ1) is 16.2. The second-order valence-corrected chi connectivity index (χ2v) is 8.60. The first-order valence-corrected chi connectivity index (χ1v) is 11.9. The maximum atomic E-state index is 12.7. The topological polar surface area (TPSA) is 56.3 Å². The first kappa shape index (κ1) is 23.0. The summed E-state index contributed by atoms with van der Waals surface area (Å²) in [6.07, 6.45) is 1.49. The minimum absolute atomic E-state index is 0.149. The maximum absolute atomic E-state index is 12.7. The lowest BCUT2D eigenvalue weighted by Crippen LogP contribution is -2.49. The Labute approximate surface area is 196 Å². The Hall–Kier alpha value is -3.22. The highest BCUT2D eigenvalue weighted by Gasteiger charge is 2.24. The molecule has 2 aliphatic rings. The second kappa shape index (κ2) is 11.1. The Bertz CT molecular complexity index is 920. The molecule has 0 spiro atoms. The van der Waals surface area contributed by atoms with Crippen molar-refractivity contribution < 1.29 is 14.3 Å².